The SMILES string of the molecule is Cc1nn(C(C)C)c(C)c1-c1cc(C(=O)N[C@@H](CO)Cc2ccccc2)[nH]n1. The molecule has 0 aliphatic heterocycles. The van der Waals surface area contributed by atoms with Crippen molar-refractivity contribution < 1.29 is 9.90 Å². The zero-order valence-electron chi connectivity index (χ0n) is 16.7. The van der Waals surface area contributed by atoms with Gasteiger partial charge in [0.2, 0.25) is 0 Å². The fourth-order valence-electron chi connectivity index (χ4n) is 3.43. The number of aromatic amines is 1. The fourth-order valence-corrected chi connectivity index (χ4v) is 3.43. The first-order chi connectivity index (χ1) is 13.4. The van der Waals surface area contributed by atoms with Crippen molar-refractivity contribution in [2.75, 3.05) is 6.61 Å². The van der Waals surface area contributed by atoms with Crippen LogP contribution >= 0.6 is 0 Å². The number of aryl methyl sites for hydroxylation is 1. The summed E-state index contributed by atoms with van der Waals surface area (Å²) in [5, 5.41) is 24.2. The molecular weight excluding hydrogens is 354 g/mol. The quantitative estimate of drug-likeness (QED) is 0.586. The Morgan fingerprint density at radius 1 is 1.25 bits per heavy atom. The molecule has 1 amide bonds. The average molecular weight is 381 g/mol. The Hall–Kier alpha value is -2.93. The monoisotopic (exact) mass is 381 g/mol. The number of amides is 1. The van der Waals surface area contributed by atoms with Gasteiger partial charge in [0.1, 0.15) is 5.69 Å². The Morgan fingerprint density at radius 3 is 2.57 bits per heavy atom. The Balaban J connectivity index is 1.75. The summed E-state index contributed by atoms with van der Waals surface area (Å²) in [6.07, 6.45) is 0.559. The van der Waals surface area contributed by atoms with E-state index >= 15 is 0 Å². The van der Waals surface area contributed by atoms with Gasteiger partial charge in [0.15, 0.2) is 0 Å². The molecule has 0 bridgehead atoms. The Bertz CT molecular complexity index is 943. The average Bonchev–Trinajstić information content (AvgIpc) is 3.26. The fraction of sp³-hybridized carbons (Fsp3) is 0.381. The second-order valence-electron chi connectivity index (χ2n) is 7.29. The molecule has 0 saturated carbocycles. The number of nitrogens with one attached hydrogen (secondary N) is 2. The molecule has 0 aliphatic carbocycles. The van der Waals surface area contributed by atoms with Crippen LogP contribution in [0.3, 0.4) is 0 Å². The van der Waals surface area contributed by atoms with E-state index in [0.29, 0.717) is 17.8 Å². The summed E-state index contributed by atoms with van der Waals surface area (Å²) >= 11 is 0. The van der Waals surface area contributed by atoms with Gasteiger partial charge in [0, 0.05) is 17.3 Å². The molecule has 1 atom stereocenters. The van der Waals surface area contributed by atoms with Crippen molar-refractivity contribution in [1.82, 2.24) is 25.3 Å². The Morgan fingerprint density at radius 2 is 1.96 bits per heavy atom. The molecule has 0 radical (unpaired) electrons. The Labute approximate surface area is 164 Å². The maximum Gasteiger partial charge on any atom is 0.269 e. The zero-order chi connectivity index (χ0) is 20.3. The molecule has 0 unspecified atom stereocenters. The van der Waals surface area contributed by atoms with Crippen molar-refractivity contribution in [2.45, 2.75) is 46.2 Å². The first-order valence-electron chi connectivity index (χ1n) is 9.47. The highest BCUT2D eigenvalue weighted by Gasteiger charge is 2.20. The lowest BCUT2D eigenvalue weighted by atomic mass is 10.1. The number of H-pyrrole nitrogens is 1. The van der Waals surface area contributed by atoms with E-state index in [1.54, 1.807) is 6.07 Å². The highest BCUT2D eigenvalue weighted by atomic mass is 16.3. The minimum atomic E-state index is -0.367. The van der Waals surface area contributed by atoms with E-state index in [4.69, 9.17) is 0 Å². The first-order valence-corrected chi connectivity index (χ1v) is 9.47. The van der Waals surface area contributed by atoms with E-state index in [0.717, 1.165) is 22.5 Å². The highest BCUT2D eigenvalue weighted by Crippen LogP contribution is 2.27. The number of rotatable bonds is 7. The summed E-state index contributed by atoms with van der Waals surface area (Å²) in [6.45, 7) is 7.96. The molecule has 28 heavy (non-hydrogen) atoms. The van der Waals surface area contributed by atoms with E-state index < -0.39 is 0 Å². The second kappa shape index (κ2) is 8.39. The number of aliphatic hydroxyl groups excluding tert-OH is 1. The summed E-state index contributed by atoms with van der Waals surface area (Å²) in [5.74, 6) is -0.291. The summed E-state index contributed by atoms with van der Waals surface area (Å²) < 4.78 is 1.96. The number of nitrogens with zero attached hydrogens (tertiary/aromatic N) is 3. The van der Waals surface area contributed by atoms with E-state index in [1.165, 1.54) is 0 Å². The first kappa shape index (κ1) is 19.8. The van der Waals surface area contributed by atoms with Crippen LogP contribution in [-0.4, -0.2) is 43.6 Å². The molecule has 0 fully saturated rings. The molecule has 3 N–H and O–H groups in total. The van der Waals surface area contributed by atoms with Crippen molar-refractivity contribution >= 4 is 5.91 Å². The number of hydrogen-bond donors (Lipinski definition) is 3. The van der Waals surface area contributed by atoms with Crippen LogP contribution in [0, 0.1) is 13.8 Å². The van der Waals surface area contributed by atoms with Crippen LogP contribution in [0.5, 0.6) is 0 Å². The van der Waals surface area contributed by atoms with Crippen molar-refractivity contribution in [3.05, 3.63) is 59.0 Å². The second-order valence-corrected chi connectivity index (χ2v) is 7.29. The standard InChI is InChI=1S/C21H27N5O2/c1-13(2)26-15(4)20(14(3)25-26)18-11-19(24-23-18)21(28)22-17(12-27)10-16-8-6-5-7-9-16/h5-9,11,13,17,27H,10,12H2,1-4H3,(H,22,28)(H,23,24)/t17-/m1/s1. The molecule has 7 heteroatoms. The normalized spacial score (nSPS) is 12.4. The molecule has 0 saturated heterocycles. The third kappa shape index (κ3) is 4.14. The molecule has 0 aliphatic rings. The highest BCUT2D eigenvalue weighted by molar-refractivity contribution is 5.93. The number of carbonyl (C=O) groups is 1. The third-order valence-corrected chi connectivity index (χ3v) is 4.77. The molecular formula is C21H27N5O2. The van der Waals surface area contributed by atoms with Gasteiger partial charge >= 0.3 is 0 Å². The number of aromatic nitrogens is 4. The van der Waals surface area contributed by atoms with Gasteiger partial charge in [-0.15, -0.1) is 0 Å². The molecule has 148 valence electrons. The maximum absolute atomic E-state index is 12.6. The van der Waals surface area contributed by atoms with Gasteiger partial charge in [-0.3, -0.25) is 14.6 Å². The van der Waals surface area contributed by atoms with Gasteiger partial charge in [-0.05, 0) is 45.7 Å². The summed E-state index contributed by atoms with van der Waals surface area (Å²) in [6, 6.07) is 11.4. The topological polar surface area (TPSA) is 95.8 Å². The van der Waals surface area contributed by atoms with Gasteiger partial charge in [-0.2, -0.15) is 10.2 Å². The maximum atomic E-state index is 12.6. The van der Waals surface area contributed by atoms with Crippen LogP contribution < -0.4 is 5.32 Å². The van der Waals surface area contributed by atoms with Gasteiger partial charge < -0.3 is 10.4 Å². The van der Waals surface area contributed by atoms with Crippen LogP contribution in [-0.2, 0) is 6.42 Å². The van der Waals surface area contributed by atoms with Crippen LogP contribution in [0.2, 0.25) is 0 Å². The lowest BCUT2D eigenvalue weighted by Crippen LogP contribution is -2.39. The smallest absolute Gasteiger partial charge is 0.269 e. The number of aliphatic hydroxyl groups is 1. The van der Waals surface area contributed by atoms with Gasteiger partial charge in [0.05, 0.1) is 24.0 Å². The molecule has 0 spiro atoms. The molecule has 1 aromatic carbocycles. The summed E-state index contributed by atoms with van der Waals surface area (Å²) in [7, 11) is 0. The molecule has 3 rings (SSSR count). The van der Waals surface area contributed by atoms with Gasteiger partial charge in [0.25, 0.3) is 5.91 Å². The van der Waals surface area contributed by atoms with Gasteiger partial charge in [-0.25, -0.2) is 0 Å². The number of hydrogen-bond acceptors (Lipinski definition) is 4. The molecule has 2 aromatic heterocycles. The van der Waals surface area contributed by atoms with Crippen LogP contribution in [0.15, 0.2) is 36.4 Å². The largest absolute Gasteiger partial charge is 0.394 e. The Kier molecular flexibility index (Phi) is 5.94. The predicted molar refractivity (Wildman–Crippen MR) is 108 cm³/mol. The molecule has 7 nitrogen and oxygen atoms in total. The number of benzene rings is 1. The molecule has 2 heterocycles. The minimum absolute atomic E-state index is 0.138. The van der Waals surface area contributed by atoms with Crippen molar-refractivity contribution in [1.29, 1.82) is 0 Å². The van der Waals surface area contributed by atoms with E-state index in [-0.39, 0.29) is 24.6 Å². The lowest BCUT2D eigenvalue weighted by Gasteiger charge is -2.15. The van der Waals surface area contributed by atoms with Crippen LogP contribution in [0.4, 0.5) is 0 Å². The van der Waals surface area contributed by atoms with E-state index in [1.807, 2.05) is 48.9 Å². The minimum Gasteiger partial charge on any atom is -0.394 e. The molecule has 3 aromatic rings. The van der Waals surface area contributed by atoms with Crippen LogP contribution in [0.1, 0.15) is 47.3 Å². The lowest BCUT2D eigenvalue weighted by molar-refractivity contribution is 0.0911. The van der Waals surface area contributed by atoms with Crippen molar-refractivity contribution in [2.24, 2.45) is 0 Å². The van der Waals surface area contributed by atoms with Gasteiger partial charge in [-0.1, -0.05) is 30.3 Å². The third-order valence-electron chi connectivity index (χ3n) is 4.77. The van der Waals surface area contributed by atoms with E-state index in [2.05, 4.69) is 34.5 Å². The summed E-state index contributed by atoms with van der Waals surface area (Å²) in [4.78, 5) is 12.6. The predicted octanol–water partition coefficient (Wildman–Crippen LogP) is 2.80. The van der Waals surface area contributed by atoms with Crippen LogP contribution in [0.25, 0.3) is 11.3 Å². The summed E-state index contributed by atoms with van der Waals surface area (Å²) in [5.41, 5.74) is 4.94. The zero-order valence-corrected chi connectivity index (χ0v) is 16.7. The van der Waals surface area contributed by atoms with Crippen molar-refractivity contribution in [3.8, 4) is 11.3 Å². The van der Waals surface area contributed by atoms with E-state index in [9.17, 15) is 9.90 Å². The van der Waals surface area contributed by atoms with Crippen molar-refractivity contribution in [3.63, 3.8) is 0 Å². The number of carbonyl (C=O) groups excluding carboxylic acids is 1.